The summed E-state index contributed by atoms with van der Waals surface area (Å²) in [5.41, 5.74) is 4.13. The molecule has 2 heteroatoms. The lowest BCUT2D eigenvalue weighted by atomic mass is 10.1. The van der Waals surface area contributed by atoms with Gasteiger partial charge in [-0.3, -0.25) is 4.98 Å². The minimum absolute atomic E-state index is 0.559. The van der Waals surface area contributed by atoms with E-state index in [1.165, 1.54) is 0 Å². The summed E-state index contributed by atoms with van der Waals surface area (Å²) in [6.07, 6.45) is 0. The molecule has 0 aliphatic heterocycles. The molecule has 0 bridgehead atoms. The van der Waals surface area contributed by atoms with Gasteiger partial charge in [0.25, 0.3) is 0 Å². The summed E-state index contributed by atoms with van der Waals surface area (Å²) in [7, 11) is 0. The molecule has 104 valence electrons. The molecule has 2 aromatic carbocycles. The zero-order valence-corrected chi connectivity index (χ0v) is 12.0. The van der Waals surface area contributed by atoms with Gasteiger partial charge in [0.1, 0.15) is 12.4 Å². The lowest BCUT2D eigenvalue weighted by molar-refractivity contribution is 0.307. The normalized spacial score (nSPS) is 10.3. The van der Waals surface area contributed by atoms with Gasteiger partial charge >= 0.3 is 0 Å². The SMILES string of the molecule is Cc1cccc(-c2ccccc2OCc2ccccc2)n1. The molecule has 0 atom stereocenters. The van der Waals surface area contributed by atoms with Gasteiger partial charge < -0.3 is 4.74 Å². The smallest absolute Gasteiger partial charge is 0.129 e. The predicted octanol–water partition coefficient (Wildman–Crippen LogP) is 4.64. The summed E-state index contributed by atoms with van der Waals surface area (Å²) >= 11 is 0. The molecule has 21 heavy (non-hydrogen) atoms. The summed E-state index contributed by atoms with van der Waals surface area (Å²) in [4.78, 5) is 4.58. The molecule has 1 aromatic heterocycles. The van der Waals surface area contributed by atoms with Crippen LogP contribution in [0.3, 0.4) is 0 Å². The third kappa shape index (κ3) is 3.29. The van der Waals surface area contributed by atoms with Crippen LogP contribution in [0.25, 0.3) is 11.3 Å². The van der Waals surface area contributed by atoms with Gasteiger partial charge in [-0.05, 0) is 36.8 Å². The van der Waals surface area contributed by atoms with Crippen molar-refractivity contribution in [1.29, 1.82) is 0 Å². The summed E-state index contributed by atoms with van der Waals surface area (Å²) in [5, 5.41) is 0. The highest BCUT2D eigenvalue weighted by molar-refractivity contribution is 5.67. The highest BCUT2D eigenvalue weighted by Gasteiger charge is 2.07. The van der Waals surface area contributed by atoms with Gasteiger partial charge in [-0.2, -0.15) is 0 Å². The first-order chi connectivity index (χ1) is 10.3. The predicted molar refractivity (Wildman–Crippen MR) is 85.2 cm³/mol. The van der Waals surface area contributed by atoms with Crippen LogP contribution < -0.4 is 4.74 Å². The molecule has 0 aliphatic carbocycles. The van der Waals surface area contributed by atoms with Gasteiger partial charge in [0.15, 0.2) is 0 Å². The first-order valence-corrected chi connectivity index (χ1v) is 7.03. The lowest BCUT2D eigenvalue weighted by Crippen LogP contribution is -1.97. The van der Waals surface area contributed by atoms with E-state index < -0.39 is 0 Å². The number of hydrogen-bond acceptors (Lipinski definition) is 2. The van der Waals surface area contributed by atoms with E-state index in [1.807, 2.05) is 67.6 Å². The van der Waals surface area contributed by atoms with E-state index in [2.05, 4.69) is 17.1 Å². The van der Waals surface area contributed by atoms with E-state index in [0.717, 1.165) is 28.3 Å². The summed E-state index contributed by atoms with van der Waals surface area (Å²) in [6, 6.07) is 24.2. The summed E-state index contributed by atoms with van der Waals surface area (Å²) in [6.45, 7) is 2.56. The Bertz CT molecular complexity index is 722. The van der Waals surface area contributed by atoms with E-state index >= 15 is 0 Å². The Hall–Kier alpha value is -2.61. The third-order valence-electron chi connectivity index (χ3n) is 3.29. The van der Waals surface area contributed by atoms with Gasteiger partial charge in [-0.25, -0.2) is 0 Å². The van der Waals surface area contributed by atoms with E-state index in [4.69, 9.17) is 4.74 Å². The van der Waals surface area contributed by atoms with Crippen molar-refractivity contribution in [2.75, 3.05) is 0 Å². The minimum Gasteiger partial charge on any atom is -0.488 e. The molecule has 3 aromatic rings. The number of pyridine rings is 1. The van der Waals surface area contributed by atoms with E-state index in [1.54, 1.807) is 0 Å². The number of para-hydroxylation sites is 1. The third-order valence-corrected chi connectivity index (χ3v) is 3.29. The van der Waals surface area contributed by atoms with Gasteiger partial charge in [-0.15, -0.1) is 0 Å². The van der Waals surface area contributed by atoms with Crippen molar-refractivity contribution in [2.24, 2.45) is 0 Å². The van der Waals surface area contributed by atoms with Crippen LogP contribution in [-0.2, 0) is 6.61 Å². The maximum Gasteiger partial charge on any atom is 0.129 e. The number of ether oxygens (including phenoxy) is 1. The molecule has 0 unspecified atom stereocenters. The fourth-order valence-electron chi connectivity index (χ4n) is 2.23. The van der Waals surface area contributed by atoms with Crippen molar-refractivity contribution >= 4 is 0 Å². The lowest BCUT2D eigenvalue weighted by Gasteiger charge is -2.11. The molecule has 0 radical (unpaired) electrons. The zero-order valence-electron chi connectivity index (χ0n) is 12.0. The van der Waals surface area contributed by atoms with E-state index in [-0.39, 0.29) is 0 Å². The number of hydrogen-bond donors (Lipinski definition) is 0. The first kappa shape index (κ1) is 13.4. The molecule has 0 aliphatic rings. The van der Waals surface area contributed by atoms with Crippen LogP contribution in [0.1, 0.15) is 11.3 Å². The van der Waals surface area contributed by atoms with Crippen molar-refractivity contribution in [3.8, 4) is 17.0 Å². The monoisotopic (exact) mass is 275 g/mol. The average Bonchev–Trinajstić information content (AvgIpc) is 2.54. The Balaban J connectivity index is 1.86. The van der Waals surface area contributed by atoms with Crippen LogP contribution in [-0.4, -0.2) is 4.98 Å². The second-order valence-corrected chi connectivity index (χ2v) is 4.93. The van der Waals surface area contributed by atoms with Crippen molar-refractivity contribution in [2.45, 2.75) is 13.5 Å². The Morgan fingerprint density at radius 3 is 2.38 bits per heavy atom. The molecule has 0 saturated heterocycles. The Kier molecular flexibility index (Phi) is 3.97. The van der Waals surface area contributed by atoms with Gasteiger partial charge in [-0.1, -0.05) is 48.5 Å². The number of nitrogens with zero attached hydrogens (tertiary/aromatic N) is 1. The average molecular weight is 275 g/mol. The molecule has 0 amide bonds. The van der Waals surface area contributed by atoms with Crippen LogP contribution >= 0.6 is 0 Å². The molecular weight excluding hydrogens is 258 g/mol. The Morgan fingerprint density at radius 1 is 0.810 bits per heavy atom. The van der Waals surface area contributed by atoms with Crippen molar-refractivity contribution < 1.29 is 4.74 Å². The molecule has 0 fully saturated rings. The van der Waals surface area contributed by atoms with Crippen molar-refractivity contribution in [3.05, 3.63) is 84.1 Å². The maximum absolute atomic E-state index is 5.98. The van der Waals surface area contributed by atoms with E-state index in [9.17, 15) is 0 Å². The largest absolute Gasteiger partial charge is 0.488 e. The summed E-state index contributed by atoms with van der Waals surface area (Å²) in [5.74, 6) is 0.861. The molecular formula is C19H17NO. The summed E-state index contributed by atoms with van der Waals surface area (Å²) < 4.78 is 5.98. The highest BCUT2D eigenvalue weighted by Crippen LogP contribution is 2.29. The fourth-order valence-corrected chi connectivity index (χ4v) is 2.23. The van der Waals surface area contributed by atoms with Crippen LogP contribution in [0, 0.1) is 6.92 Å². The minimum atomic E-state index is 0.559. The molecule has 1 heterocycles. The number of aryl methyl sites for hydroxylation is 1. The molecule has 2 nitrogen and oxygen atoms in total. The van der Waals surface area contributed by atoms with Crippen molar-refractivity contribution in [1.82, 2.24) is 4.98 Å². The van der Waals surface area contributed by atoms with Crippen LogP contribution in [0.2, 0.25) is 0 Å². The highest BCUT2D eigenvalue weighted by atomic mass is 16.5. The molecule has 0 N–H and O–H groups in total. The second kappa shape index (κ2) is 6.23. The second-order valence-electron chi connectivity index (χ2n) is 4.93. The van der Waals surface area contributed by atoms with Gasteiger partial charge in [0, 0.05) is 11.3 Å². The fraction of sp³-hybridized carbons (Fsp3) is 0.105. The van der Waals surface area contributed by atoms with Gasteiger partial charge in [0.05, 0.1) is 5.69 Å². The van der Waals surface area contributed by atoms with Crippen LogP contribution in [0.15, 0.2) is 72.8 Å². The van der Waals surface area contributed by atoms with Gasteiger partial charge in [0.2, 0.25) is 0 Å². The van der Waals surface area contributed by atoms with E-state index in [0.29, 0.717) is 6.61 Å². The standard InChI is InChI=1S/C19H17NO/c1-15-8-7-12-18(20-15)17-11-5-6-13-19(17)21-14-16-9-3-2-4-10-16/h2-13H,14H2,1H3. The zero-order chi connectivity index (χ0) is 14.5. The molecule has 0 spiro atoms. The van der Waals surface area contributed by atoms with Crippen molar-refractivity contribution in [3.63, 3.8) is 0 Å². The number of benzene rings is 2. The van der Waals surface area contributed by atoms with Crippen LogP contribution in [0.5, 0.6) is 5.75 Å². The Morgan fingerprint density at radius 2 is 1.57 bits per heavy atom. The molecule has 0 saturated carbocycles. The Labute approximate surface area is 125 Å². The maximum atomic E-state index is 5.98. The number of rotatable bonds is 4. The van der Waals surface area contributed by atoms with Crippen LogP contribution in [0.4, 0.5) is 0 Å². The quantitative estimate of drug-likeness (QED) is 0.692. The first-order valence-electron chi connectivity index (χ1n) is 7.03. The topological polar surface area (TPSA) is 22.1 Å². The number of aromatic nitrogens is 1. The molecule has 3 rings (SSSR count).